The molecule has 1 heterocycles. The van der Waals surface area contributed by atoms with Gasteiger partial charge >= 0.3 is 16.1 Å². The van der Waals surface area contributed by atoms with Gasteiger partial charge in [0.2, 0.25) is 11.8 Å². The van der Waals surface area contributed by atoms with Crippen molar-refractivity contribution in [3.63, 3.8) is 0 Å². The zero-order chi connectivity index (χ0) is 24.1. The molecule has 33 heavy (non-hydrogen) atoms. The Balaban J connectivity index is 1.54. The van der Waals surface area contributed by atoms with Gasteiger partial charge in [-0.15, -0.1) is 0 Å². The SMILES string of the molecule is NC(CCNC(=O)CCNC(=O)CCC1CCNCC1)CC(=O)OS(=O)(=O)c1ccccc1. The van der Waals surface area contributed by atoms with Crippen LogP contribution in [0.15, 0.2) is 35.2 Å². The van der Waals surface area contributed by atoms with Crippen LogP contribution >= 0.6 is 0 Å². The first kappa shape index (κ1) is 26.7. The monoisotopic (exact) mass is 482 g/mol. The highest BCUT2D eigenvalue weighted by Crippen LogP contribution is 2.17. The fourth-order valence-electron chi connectivity index (χ4n) is 3.50. The number of carbonyl (C=O) groups is 3. The summed E-state index contributed by atoms with van der Waals surface area (Å²) in [6.07, 6.45) is 3.65. The maximum atomic E-state index is 12.0. The van der Waals surface area contributed by atoms with Crippen molar-refractivity contribution in [1.29, 1.82) is 0 Å². The standard InChI is InChI=1S/C22H34N4O6S/c23-18(16-22(29)32-33(30,31)19-4-2-1-3-5-19)10-14-25-21(28)11-15-26-20(27)7-6-17-8-12-24-13-9-17/h1-5,17-18,24H,6-16,23H2,(H,25,28)(H,26,27). The van der Waals surface area contributed by atoms with Gasteiger partial charge in [0.1, 0.15) is 4.90 Å². The van der Waals surface area contributed by atoms with Crippen LogP contribution in [0.5, 0.6) is 0 Å². The topological polar surface area (TPSA) is 157 Å². The van der Waals surface area contributed by atoms with Gasteiger partial charge < -0.3 is 25.9 Å². The largest absolute Gasteiger partial charge is 0.356 e. The van der Waals surface area contributed by atoms with E-state index in [-0.39, 0.29) is 49.1 Å². The van der Waals surface area contributed by atoms with Gasteiger partial charge in [-0.05, 0) is 56.8 Å². The fraction of sp³-hybridized carbons (Fsp3) is 0.591. The maximum Gasteiger partial charge on any atom is 0.341 e. The average Bonchev–Trinajstić information content (AvgIpc) is 2.78. The van der Waals surface area contributed by atoms with Gasteiger partial charge in [-0.25, -0.2) is 0 Å². The Kier molecular flexibility index (Phi) is 11.3. The molecule has 10 nitrogen and oxygen atoms in total. The van der Waals surface area contributed by atoms with E-state index >= 15 is 0 Å². The Morgan fingerprint density at radius 1 is 1.03 bits per heavy atom. The highest BCUT2D eigenvalue weighted by molar-refractivity contribution is 7.87. The number of carbonyl (C=O) groups excluding carboxylic acids is 3. The second-order valence-corrected chi connectivity index (χ2v) is 9.70. The number of piperidine rings is 1. The van der Waals surface area contributed by atoms with E-state index in [2.05, 4.69) is 20.1 Å². The number of rotatable bonds is 13. The highest BCUT2D eigenvalue weighted by Gasteiger charge is 2.21. The van der Waals surface area contributed by atoms with E-state index in [0.29, 0.717) is 12.3 Å². The zero-order valence-corrected chi connectivity index (χ0v) is 19.6. The van der Waals surface area contributed by atoms with Crippen molar-refractivity contribution in [3.05, 3.63) is 30.3 Å². The summed E-state index contributed by atoms with van der Waals surface area (Å²) in [5.74, 6) is -0.660. The molecule has 11 heteroatoms. The highest BCUT2D eigenvalue weighted by atomic mass is 32.2. The summed E-state index contributed by atoms with van der Waals surface area (Å²) >= 11 is 0. The first-order valence-electron chi connectivity index (χ1n) is 11.3. The summed E-state index contributed by atoms with van der Waals surface area (Å²) in [5, 5.41) is 8.72. The second kappa shape index (κ2) is 13.9. The molecule has 1 aliphatic heterocycles. The average molecular weight is 483 g/mol. The molecule has 0 aliphatic carbocycles. The van der Waals surface area contributed by atoms with Crippen LogP contribution in [0.3, 0.4) is 0 Å². The fourth-order valence-corrected chi connectivity index (χ4v) is 4.40. The number of nitrogens with two attached hydrogens (primary N) is 1. The van der Waals surface area contributed by atoms with Crippen molar-refractivity contribution < 1.29 is 27.0 Å². The van der Waals surface area contributed by atoms with Crippen molar-refractivity contribution in [3.8, 4) is 0 Å². The Morgan fingerprint density at radius 2 is 1.67 bits per heavy atom. The first-order valence-corrected chi connectivity index (χ1v) is 12.7. The zero-order valence-electron chi connectivity index (χ0n) is 18.8. The molecule has 0 aromatic heterocycles. The second-order valence-electron chi connectivity index (χ2n) is 8.16. The quantitative estimate of drug-likeness (QED) is 0.295. The number of hydrogen-bond acceptors (Lipinski definition) is 8. The molecule has 5 N–H and O–H groups in total. The number of nitrogens with one attached hydrogen (secondary N) is 3. The molecule has 0 radical (unpaired) electrons. The van der Waals surface area contributed by atoms with E-state index in [0.717, 1.165) is 32.4 Å². The van der Waals surface area contributed by atoms with Crippen LogP contribution in [0.2, 0.25) is 0 Å². The number of amides is 2. The van der Waals surface area contributed by atoms with Gasteiger partial charge in [0.15, 0.2) is 0 Å². The molecule has 0 spiro atoms. The molecular formula is C22H34N4O6S. The Morgan fingerprint density at radius 3 is 2.36 bits per heavy atom. The molecule has 0 bridgehead atoms. The van der Waals surface area contributed by atoms with Crippen molar-refractivity contribution >= 4 is 27.9 Å². The lowest BCUT2D eigenvalue weighted by atomic mass is 9.93. The van der Waals surface area contributed by atoms with Crippen LogP contribution in [-0.2, 0) is 28.7 Å². The molecule has 1 aromatic carbocycles. The lowest BCUT2D eigenvalue weighted by molar-refractivity contribution is -0.134. The van der Waals surface area contributed by atoms with E-state index in [1.807, 2.05) is 0 Å². The van der Waals surface area contributed by atoms with E-state index < -0.39 is 22.1 Å². The molecule has 1 aromatic rings. The minimum atomic E-state index is -4.18. The van der Waals surface area contributed by atoms with E-state index in [1.54, 1.807) is 6.07 Å². The first-order chi connectivity index (χ1) is 15.8. The lowest BCUT2D eigenvalue weighted by Gasteiger charge is -2.22. The van der Waals surface area contributed by atoms with Crippen molar-refractivity contribution in [2.75, 3.05) is 26.2 Å². The Labute approximate surface area is 195 Å². The van der Waals surface area contributed by atoms with Gasteiger partial charge in [-0.3, -0.25) is 14.4 Å². The van der Waals surface area contributed by atoms with Crippen molar-refractivity contribution in [1.82, 2.24) is 16.0 Å². The van der Waals surface area contributed by atoms with E-state index in [1.165, 1.54) is 24.3 Å². The molecule has 0 saturated carbocycles. The smallest absolute Gasteiger partial charge is 0.341 e. The molecule has 184 valence electrons. The van der Waals surface area contributed by atoms with Gasteiger partial charge in [0, 0.05) is 32.0 Å². The molecule has 1 atom stereocenters. The third-order valence-electron chi connectivity index (χ3n) is 5.41. The van der Waals surface area contributed by atoms with E-state index in [9.17, 15) is 22.8 Å². The molecule has 1 saturated heterocycles. The van der Waals surface area contributed by atoms with Gasteiger partial charge in [-0.2, -0.15) is 8.42 Å². The van der Waals surface area contributed by atoms with Crippen molar-refractivity contribution in [2.24, 2.45) is 11.7 Å². The summed E-state index contributed by atoms with van der Waals surface area (Å²) in [7, 11) is -4.18. The summed E-state index contributed by atoms with van der Waals surface area (Å²) in [5.41, 5.74) is 5.85. The Hall–Kier alpha value is -2.50. The molecule has 1 unspecified atom stereocenters. The van der Waals surface area contributed by atoms with Crippen LogP contribution in [0.25, 0.3) is 0 Å². The van der Waals surface area contributed by atoms with Crippen LogP contribution < -0.4 is 21.7 Å². The van der Waals surface area contributed by atoms with Gasteiger partial charge in [-0.1, -0.05) is 18.2 Å². The van der Waals surface area contributed by atoms with Gasteiger partial charge in [0.05, 0.1) is 6.42 Å². The molecular weight excluding hydrogens is 448 g/mol. The summed E-state index contributed by atoms with van der Waals surface area (Å²) < 4.78 is 28.6. The minimum absolute atomic E-state index is 0.0488. The van der Waals surface area contributed by atoms with Crippen LogP contribution in [0.4, 0.5) is 0 Å². The maximum absolute atomic E-state index is 12.0. The number of hydrogen-bond donors (Lipinski definition) is 4. The molecule has 1 fully saturated rings. The summed E-state index contributed by atoms with van der Waals surface area (Å²) in [6.45, 7) is 2.49. The predicted octanol–water partition coefficient (Wildman–Crippen LogP) is 0.428. The van der Waals surface area contributed by atoms with Crippen LogP contribution in [0, 0.1) is 5.92 Å². The lowest BCUT2D eigenvalue weighted by Crippen LogP contribution is -2.34. The normalized spacial score (nSPS) is 15.4. The van der Waals surface area contributed by atoms with E-state index in [4.69, 9.17) is 5.73 Å². The third kappa shape index (κ3) is 10.8. The minimum Gasteiger partial charge on any atom is -0.356 e. The third-order valence-corrected chi connectivity index (χ3v) is 6.67. The summed E-state index contributed by atoms with van der Waals surface area (Å²) in [6, 6.07) is 6.68. The van der Waals surface area contributed by atoms with Crippen molar-refractivity contribution in [2.45, 2.75) is 55.9 Å². The molecule has 1 aliphatic rings. The number of benzene rings is 1. The predicted molar refractivity (Wildman–Crippen MR) is 122 cm³/mol. The Bertz CT molecular complexity index is 872. The van der Waals surface area contributed by atoms with Gasteiger partial charge in [0.25, 0.3) is 0 Å². The molecule has 2 amide bonds. The van der Waals surface area contributed by atoms with Crippen LogP contribution in [0.1, 0.15) is 44.9 Å². The molecule has 2 rings (SSSR count). The summed E-state index contributed by atoms with van der Waals surface area (Å²) in [4.78, 5) is 35.6. The van der Waals surface area contributed by atoms with Crippen LogP contribution in [-0.4, -0.2) is 58.4 Å².